The van der Waals surface area contributed by atoms with Crippen LogP contribution in [0, 0.1) is 5.92 Å². The molecular weight excluding hydrogens is 232 g/mol. The number of anilines is 1. The average molecular weight is 252 g/mol. The maximum absolute atomic E-state index is 4.13. The zero-order valence-corrected chi connectivity index (χ0v) is 11.6. The molecule has 2 heteroatoms. The van der Waals surface area contributed by atoms with Gasteiger partial charge in [-0.3, -0.25) is 4.98 Å². The van der Waals surface area contributed by atoms with Gasteiger partial charge in [0.1, 0.15) is 0 Å². The highest BCUT2D eigenvalue weighted by Crippen LogP contribution is 2.40. The quantitative estimate of drug-likeness (QED) is 0.814. The topological polar surface area (TPSA) is 16.1 Å². The van der Waals surface area contributed by atoms with Crippen LogP contribution in [0.5, 0.6) is 0 Å². The molecule has 1 atom stereocenters. The number of pyridine rings is 1. The van der Waals surface area contributed by atoms with Gasteiger partial charge in [-0.1, -0.05) is 38.1 Å². The zero-order valence-electron chi connectivity index (χ0n) is 11.6. The Bertz CT molecular complexity index is 548. The van der Waals surface area contributed by atoms with Crippen LogP contribution in [0.4, 0.5) is 5.69 Å². The minimum absolute atomic E-state index is 0.499. The summed E-state index contributed by atoms with van der Waals surface area (Å²) in [4.78, 5) is 6.63. The third kappa shape index (κ3) is 2.35. The molecule has 0 saturated heterocycles. The summed E-state index contributed by atoms with van der Waals surface area (Å²) in [6.07, 6.45) is 4.95. The molecule has 0 spiro atoms. The van der Waals surface area contributed by atoms with Gasteiger partial charge in [0.05, 0.1) is 6.04 Å². The number of benzene rings is 1. The van der Waals surface area contributed by atoms with Crippen molar-refractivity contribution >= 4 is 5.69 Å². The Morgan fingerprint density at radius 3 is 2.63 bits per heavy atom. The molecule has 98 valence electrons. The summed E-state index contributed by atoms with van der Waals surface area (Å²) in [7, 11) is 0. The first-order valence-electron chi connectivity index (χ1n) is 7.00. The smallest absolute Gasteiger partial charge is 0.0552 e. The van der Waals surface area contributed by atoms with Gasteiger partial charge in [-0.05, 0) is 35.6 Å². The number of aromatic nitrogens is 1. The van der Waals surface area contributed by atoms with E-state index in [1.54, 1.807) is 0 Å². The van der Waals surface area contributed by atoms with Crippen LogP contribution in [0.1, 0.15) is 37.4 Å². The van der Waals surface area contributed by atoms with Crippen molar-refractivity contribution in [2.75, 3.05) is 4.90 Å². The number of fused-ring (bicyclic) bond motifs is 1. The van der Waals surface area contributed by atoms with Gasteiger partial charge in [0, 0.05) is 24.6 Å². The summed E-state index contributed by atoms with van der Waals surface area (Å²) < 4.78 is 0. The largest absolute Gasteiger partial charge is 0.360 e. The second-order valence-electron chi connectivity index (χ2n) is 5.68. The maximum Gasteiger partial charge on any atom is 0.0552 e. The molecule has 1 unspecified atom stereocenters. The molecule has 1 aromatic carbocycles. The molecule has 1 aliphatic rings. The minimum Gasteiger partial charge on any atom is -0.360 e. The lowest BCUT2D eigenvalue weighted by atomic mass is 9.96. The molecule has 0 bridgehead atoms. The Hall–Kier alpha value is -1.83. The minimum atomic E-state index is 0.499. The van der Waals surface area contributed by atoms with E-state index in [0.29, 0.717) is 12.0 Å². The number of hydrogen-bond donors (Lipinski definition) is 0. The van der Waals surface area contributed by atoms with Crippen molar-refractivity contribution in [2.45, 2.75) is 32.9 Å². The summed E-state index contributed by atoms with van der Waals surface area (Å²) >= 11 is 0. The van der Waals surface area contributed by atoms with E-state index in [4.69, 9.17) is 0 Å². The standard InChI is InChI=1S/C17H20N2/c1-13(2)11-17-16-6-4-3-5-14(16)12-19(17)15-7-9-18-10-8-15/h3-10,13,17H,11-12H2,1-2H3. The molecule has 1 aliphatic heterocycles. The molecule has 0 amide bonds. The van der Waals surface area contributed by atoms with E-state index in [9.17, 15) is 0 Å². The van der Waals surface area contributed by atoms with E-state index in [1.165, 1.54) is 23.2 Å². The van der Waals surface area contributed by atoms with Crippen LogP contribution in [0.15, 0.2) is 48.8 Å². The van der Waals surface area contributed by atoms with Gasteiger partial charge in [0.25, 0.3) is 0 Å². The van der Waals surface area contributed by atoms with Gasteiger partial charge < -0.3 is 4.90 Å². The molecular formula is C17H20N2. The van der Waals surface area contributed by atoms with Crippen LogP contribution in [-0.2, 0) is 6.54 Å². The Kier molecular flexibility index (Phi) is 3.24. The highest BCUT2D eigenvalue weighted by Gasteiger charge is 2.30. The zero-order chi connectivity index (χ0) is 13.2. The van der Waals surface area contributed by atoms with Gasteiger partial charge in [-0.25, -0.2) is 0 Å². The molecule has 0 saturated carbocycles. The van der Waals surface area contributed by atoms with Gasteiger partial charge in [0.2, 0.25) is 0 Å². The van der Waals surface area contributed by atoms with Crippen molar-refractivity contribution in [3.05, 3.63) is 59.9 Å². The predicted octanol–water partition coefficient (Wildman–Crippen LogP) is 4.19. The Balaban J connectivity index is 1.98. The van der Waals surface area contributed by atoms with Crippen LogP contribution >= 0.6 is 0 Å². The van der Waals surface area contributed by atoms with Crippen molar-refractivity contribution in [3.8, 4) is 0 Å². The van der Waals surface area contributed by atoms with Crippen molar-refractivity contribution in [1.29, 1.82) is 0 Å². The number of rotatable bonds is 3. The summed E-state index contributed by atoms with van der Waals surface area (Å²) in [5.41, 5.74) is 4.23. The number of nitrogens with zero attached hydrogens (tertiary/aromatic N) is 2. The van der Waals surface area contributed by atoms with Gasteiger partial charge >= 0.3 is 0 Å². The lowest BCUT2D eigenvalue weighted by molar-refractivity contribution is 0.496. The highest BCUT2D eigenvalue weighted by molar-refractivity contribution is 5.53. The second-order valence-corrected chi connectivity index (χ2v) is 5.68. The lowest BCUT2D eigenvalue weighted by Gasteiger charge is -2.28. The Morgan fingerprint density at radius 2 is 1.89 bits per heavy atom. The first-order chi connectivity index (χ1) is 9.25. The molecule has 2 aromatic rings. The van der Waals surface area contributed by atoms with E-state index >= 15 is 0 Å². The van der Waals surface area contributed by atoms with Crippen molar-refractivity contribution in [1.82, 2.24) is 4.98 Å². The second kappa shape index (κ2) is 5.04. The highest BCUT2D eigenvalue weighted by atomic mass is 15.2. The maximum atomic E-state index is 4.13. The molecule has 2 nitrogen and oxygen atoms in total. The molecule has 2 heterocycles. The predicted molar refractivity (Wildman–Crippen MR) is 79.1 cm³/mol. The monoisotopic (exact) mass is 252 g/mol. The first-order valence-corrected chi connectivity index (χ1v) is 7.00. The van der Waals surface area contributed by atoms with Crippen molar-refractivity contribution in [2.24, 2.45) is 5.92 Å². The van der Waals surface area contributed by atoms with E-state index in [2.05, 4.69) is 60.1 Å². The molecule has 0 fully saturated rings. The molecule has 3 rings (SSSR count). The number of hydrogen-bond acceptors (Lipinski definition) is 2. The normalized spacial score (nSPS) is 17.8. The Morgan fingerprint density at radius 1 is 1.16 bits per heavy atom. The Labute approximate surface area is 115 Å². The van der Waals surface area contributed by atoms with E-state index in [1.807, 2.05) is 12.4 Å². The summed E-state index contributed by atoms with van der Waals surface area (Å²) in [5.74, 6) is 0.695. The SMILES string of the molecule is CC(C)CC1c2ccccc2CN1c1ccncc1. The molecule has 19 heavy (non-hydrogen) atoms. The molecule has 0 aliphatic carbocycles. The fourth-order valence-corrected chi connectivity index (χ4v) is 2.97. The fraction of sp³-hybridized carbons (Fsp3) is 0.353. The van der Waals surface area contributed by atoms with Crippen LogP contribution in [-0.4, -0.2) is 4.98 Å². The van der Waals surface area contributed by atoms with Gasteiger partial charge in [0.15, 0.2) is 0 Å². The summed E-state index contributed by atoms with van der Waals surface area (Å²) in [5, 5.41) is 0. The van der Waals surface area contributed by atoms with Crippen molar-refractivity contribution in [3.63, 3.8) is 0 Å². The van der Waals surface area contributed by atoms with E-state index in [-0.39, 0.29) is 0 Å². The third-order valence-electron chi connectivity index (χ3n) is 3.82. The lowest BCUT2D eigenvalue weighted by Crippen LogP contribution is -2.22. The molecule has 0 N–H and O–H groups in total. The van der Waals surface area contributed by atoms with Gasteiger partial charge in [-0.15, -0.1) is 0 Å². The summed E-state index contributed by atoms with van der Waals surface area (Å²) in [6, 6.07) is 13.5. The molecule has 0 radical (unpaired) electrons. The average Bonchev–Trinajstić information content (AvgIpc) is 2.78. The first kappa shape index (κ1) is 12.2. The fourth-order valence-electron chi connectivity index (χ4n) is 2.97. The third-order valence-corrected chi connectivity index (χ3v) is 3.82. The van der Waals surface area contributed by atoms with E-state index < -0.39 is 0 Å². The van der Waals surface area contributed by atoms with E-state index in [0.717, 1.165) is 6.54 Å². The van der Waals surface area contributed by atoms with Gasteiger partial charge in [-0.2, -0.15) is 0 Å². The molecule has 1 aromatic heterocycles. The van der Waals surface area contributed by atoms with Crippen LogP contribution in [0.25, 0.3) is 0 Å². The van der Waals surface area contributed by atoms with Crippen LogP contribution in [0.3, 0.4) is 0 Å². The van der Waals surface area contributed by atoms with Crippen LogP contribution < -0.4 is 4.90 Å². The summed E-state index contributed by atoms with van der Waals surface area (Å²) in [6.45, 7) is 5.61. The van der Waals surface area contributed by atoms with Crippen LogP contribution in [0.2, 0.25) is 0 Å². The van der Waals surface area contributed by atoms with Crippen molar-refractivity contribution < 1.29 is 0 Å².